The minimum Gasteiger partial charge on any atom is -0.395 e. The van der Waals surface area contributed by atoms with Gasteiger partial charge >= 0.3 is 0 Å². The van der Waals surface area contributed by atoms with Crippen molar-refractivity contribution in [3.05, 3.63) is 35.9 Å². The number of hydrogen-bond donors (Lipinski definition) is 2. The van der Waals surface area contributed by atoms with Crippen LogP contribution in [0.2, 0.25) is 0 Å². The minimum atomic E-state index is 0.205. The van der Waals surface area contributed by atoms with Crippen LogP contribution in [0.1, 0.15) is 18.9 Å². The predicted octanol–water partition coefficient (Wildman–Crippen LogP) is 1.23. The molecule has 3 heteroatoms. The van der Waals surface area contributed by atoms with Gasteiger partial charge in [0.1, 0.15) is 0 Å². The van der Waals surface area contributed by atoms with E-state index in [9.17, 15) is 5.11 Å². The highest BCUT2D eigenvalue weighted by Gasteiger charge is 2.20. The van der Waals surface area contributed by atoms with Gasteiger partial charge < -0.3 is 10.4 Å². The molecule has 2 atom stereocenters. The second-order valence-corrected chi connectivity index (χ2v) is 4.96. The van der Waals surface area contributed by atoms with Gasteiger partial charge in [0, 0.05) is 31.7 Å². The zero-order valence-corrected chi connectivity index (χ0v) is 10.5. The maximum atomic E-state index is 9.33. The molecular formula is C14H22N2O. The molecule has 0 aromatic heterocycles. The van der Waals surface area contributed by atoms with Gasteiger partial charge in [-0.15, -0.1) is 0 Å². The smallest absolute Gasteiger partial charge is 0.0597 e. The Kier molecular flexibility index (Phi) is 4.54. The van der Waals surface area contributed by atoms with Gasteiger partial charge in [-0.3, -0.25) is 4.90 Å². The highest BCUT2D eigenvalue weighted by Crippen LogP contribution is 2.10. The molecule has 1 aromatic rings. The molecule has 1 fully saturated rings. The van der Waals surface area contributed by atoms with Gasteiger partial charge in [-0.2, -0.15) is 0 Å². The lowest BCUT2D eigenvalue weighted by molar-refractivity contribution is 0.194. The summed E-state index contributed by atoms with van der Waals surface area (Å²) in [6.45, 7) is 5.41. The fourth-order valence-corrected chi connectivity index (χ4v) is 2.41. The Balaban J connectivity index is 1.96. The molecule has 17 heavy (non-hydrogen) atoms. The van der Waals surface area contributed by atoms with Crippen molar-refractivity contribution in [1.29, 1.82) is 0 Å². The Morgan fingerprint density at radius 1 is 1.35 bits per heavy atom. The van der Waals surface area contributed by atoms with Gasteiger partial charge in [-0.1, -0.05) is 30.3 Å². The molecule has 0 saturated carbocycles. The third kappa shape index (κ3) is 3.80. The van der Waals surface area contributed by atoms with Crippen molar-refractivity contribution in [2.24, 2.45) is 0 Å². The Labute approximate surface area is 103 Å². The molecular weight excluding hydrogens is 212 g/mol. The molecule has 0 radical (unpaired) electrons. The summed E-state index contributed by atoms with van der Waals surface area (Å²) in [6.07, 6.45) is 1.14. The van der Waals surface area contributed by atoms with Crippen molar-refractivity contribution in [2.45, 2.75) is 32.0 Å². The lowest BCUT2D eigenvalue weighted by Crippen LogP contribution is -2.42. The van der Waals surface area contributed by atoms with Gasteiger partial charge in [0.15, 0.2) is 0 Å². The van der Waals surface area contributed by atoms with Crippen LogP contribution in [0, 0.1) is 0 Å². The molecule has 2 N–H and O–H groups in total. The highest BCUT2D eigenvalue weighted by atomic mass is 16.3. The summed E-state index contributed by atoms with van der Waals surface area (Å²) >= 11 is 0. The van der Waals surface area contributed by atoms with E-state index in [1.165, 1.54) is 5.56 Å². The Bertz CT molecular complexity index is 328. The average molecular weight is 234 g/mol. The number of nitrogens with one attached hydrogen (secondary N) is 1. The van der Waals surface area contributed by atoms with Gasteiger partial charge in [-0.25, -0.2) is 0 Å². The number of rotatable bonds is 3. The molecule has 1 aromatic carbocycles. The number of aliphatic hydroxyl groups is 1. The molecule has 2 unspecified atom stereocenters. The fraction of sp³-hybridized carbons (Fsp3) is 0.571. The number of hydrogen-bond acceptors (Lipinski definition) is 3. The summed E-state index contributed by atoms with van der Waals surface area (Å²) in [4.78, 5) is 2.42. The molecule has 1 aliphatic heterocycles. The van der Waals surface area contributed by atoms with Crippen molar-refractivity contribution in [3.8, 4) is 0 Å². The summed E-state index contributed by atoms with van der Waals surface area (Å²) in [5.41, 5.74) is 1.35. The molecule has 1 heterocycles. The van der Waals surface area contributed by atoms with Crippen molar-refractivity contribution in [1.82, 2.24) is 10.2 Å². The summed E-state index contributed by atoms with van der Waals surface area (Å²) in [6, 6.07) is 11.2. The molecule has 0 spiro atoms. The monoisotopic (exact) mass is 234 g/mol. The van der Waals surface area contributed by atoms with E-state index in [4.69, 9.17) is 0 Å². The van der Waals surface area contributed by atoms with E-state index in [1.54, 1.807) is 0 Å². The SMILES string of the molecule is CC1CCN(Cc2ccccc2)CC(CO)N1. The molecule has 94 valence electrons. The van der Waals surface area contributed by atoms with Crippen LogP contribution < -0.4 is 5.32 Å². The minimum absolute atomic E-state index is 0.205. The van der Waals surface area contributed by atoms with Gasteiger partial charge in [0.2, 0.25) is 0 Å². The summed E-state index contributed by atoms with van der Waals surface area (Å²) in [5, 5.41) is 12.8. The lowest BCUT2D eigenvalue weighted by atomic mass is 10.2. The lowest BCUT2D eigenvalue weighted by Gasteiger charge is -2.23. The second-order valence-electron chi connectivity index (χ2n) is 4.96. The van der Waals surface area contributed by atoms with Gasteiger partial charge in [0.05, 0.1) is 6.61 Å². The number of benzene rings is 1. The topological polar surface area (TPSA) is 35.5 Å². The first-order valence-electron chi connectivity index (χ1n) is 6.41. The second kappa shape index (κ2) is 6.15. The van der Waals surface area contributed by atoms with Crippen LogP contribution in [0.15, 0.2) is 30.3 Å². The molecule has 3 nitrogen and oxygen atoms in total. The standard InChI is InChI=1S/C14H22N2O/c1-12-7-8-16(10-14(11-17)15-12)9-13-5-3-2-4-6-13/h2-6,12,14-15,17H,7-11H2,1H3. The molecule has 0 aliphatic carbocycles. The van der Waals surface area contributed by atoms with Crippen molar-refractivity contribution >= 4 is 0 Å². The first-order chi connectivity index (χ1) is 8.28. The molecule has 1 saturated heterocycles. The Morgan fingerprint density at radius 3 is 2.82 bits per heavy atom. The van der Waals surface area contributed by atoms with Crippen LogP contribution in [-0.2, 0) is 6.54 Å². The van der Waals surface area contributed by atoms with Crippen LogP contribution in [-0.4, -0.2) is 41.8 Å². The van der Waals surface area contributed by atoms with E-state index in [0.717, 1.165) is 26.1 Å². The number of nitrogens with zero attached hydrogens (tertiary/aromatic N) is 1. The van der Waals surface area contributed by atoms with Crippen LogP contribution in [0.5, 0.6) is 0 Å². The maximum Gasteiger partial charge on any atom is 0.0597 e. The van der Waals surface area contributed by atoms with E-state index in [0.29, 0.717) is 6.04 Å². The maximum absolute atomic E-state index is 9.33. The summed E-state index contributed by atoms with van der Waals surface area (Å²) < 4.78 is 0. The Hall–Kier alpha value is -0.900. The predicted molar refractivity (Wildman–Crippen MR) is 69.8 cm³/mol. The highest BCUT2D eigenvalue weighted by molar-refractivity contribution is 5.14. The van der Waals surface area contributed by atoms with Gasteiger partial charge in [-0.05, 0) is 18.9 Å². The van der Waals surface area contributed by atoms with E-state index in [2.05, 4.69) is 41.4 Å². The molecule has 0 bridgehead atoms. The van der Waals surface area contributed by atoms with Crippen LogP contribution >= 0.6 is 0 Å². The van der Waals surface area contributed by atoms with E-state index in [1.807, 2.05) is 6.07 Å². The summed E-state index contributed by atoms with van der Waals surface area (Å²) in [7, 11) is 0. The van der Waals surface area contributed by atoms with E-state index >= 15 is 0 Å². The zero-order valence-electron chi connectivity index (χ0n) is 10.5. The molecule has 2 rings (SSSR count). The summed E-state index contributed by atoms with van der Waals surface area (Å²) in [5.74, 6) is 0. The largest absolute Gasteiger partial charge is 0.395 e. The number of aliphatic hydroxyl groups excluding tert-OH is 1. The zero-order chi connectivity index (χ0) is 12.1. The third-order valence-electron chi connectivity index (χ3n) is 3.35. The van der Waals surface area contributed by atoms with Crippen molar-refractivity contribution < 1.29 is 5.11 Å². The van der Waals surface area contributed by atoms with Gasteiger partial charge in [0.25, 0.3) is 0 Å². The molecule has 1 aliphatic rings. The Morgan fingerprint density at radius 2 is 2.12 bits per heavy atom. The first-order valence-corrected chi connectivity index (χ1v) is 6.41. The third-order valence-corrected chi connectivity index (χ3v) is 3.35. The van der Waals surface area contributed by atoms with Crippen molar-refractivity contribution in [3.63, 3.8) is 0 Å². The average Bonchev–Trinajstić information content (AvgIpc) is 2.53. The van der Waals surface area contributed by atoms with Crippen LogP contribution in [0.25, 0.3) is 0 Å². The molecule has 0 amide bonds. The first kappa shape index (κ1) is 12.6. The normalized spacial score (nSPS) is 26.7. The van der Waals surface area contributed by atoms with E-state index < -0.39 is 0 Å². The van der Waals surface area contributed by atoms with E-state index in [-0.39, 0.29) is 12.6 Å². The van der Waals surface area contributed by atoms with Crippen LogP contribution in [0.3, 0.4) is 0 Å². The van der Waals surface area contributed by atoms with Crippen molar-refractivity contribution in [2.75, 3.05) is 19.7 Å². The fourth-order valence-electron chi connectivity index (χ4n) is 2.41. The van der Waals surface area contributed by atoms with Crippen LogP contribution in [0.4, 0.5) is 0 Å². The quantitative estimate of drug-likeness (QED) is 0.826.